The van der Waals surface area contributed by atoms with Crippen LogP contribution in [0.3, 0.4) is 0 Å². The predicted molar refractivity (Wildman–Crippen MR) is 109 cm³/mol. The highest BCUT2D eigenvalue weighted by atomic mass is 19.1. The minimum Gasteiger partial charge on any atom is -0.508 e. The van der Waals surface area contributed by atoms with Crippen molar-refractivity contribution >= 4 is 0 Å². The van der Waals surface area contributed by atoms with Crippen LogP contribution >= 0.6 is 0 Å². The molecule has 0 bridgehead atoms. The zero-order valence-corrected chi connectivity index (χ0v) is 15.1. The van der Waals surface area contributed by atoms with Gasteiger partial charge in [0.15, 0.2) is 0 Å². The lowest BCUT2D eigenvalue weighted by Crippen LogP contribution is -2.04. The Bertz CT molecular complexity index is 1070. The molecular weight excluding hydrogens is 351 g/mol. The minimum absolute atomic E-state index is 0.0785. The van der Waals surface area contributed by atoms with Crippen molar-refractivity contribution in [2.24, 2.45) is 0 Å². The summed E-state index contributed by atoms with van der Waals surface area (Å²) < 4.78 is 13.4. The minimum atomic E-state index is -0.336. The summed E-state index contributed by atoms with van der Waals surface area (Å²) in [6.45, 7) is 0. The first-order chi connectivity index (χ1) is 13.6. The monoisotopic (exact) mass is 370 g/mol. The zero-order valence-electron chi connectivity index (χ0n) is 15.1. The Morgan fingerprint density at radius 1 is 0.607 bits per heavy atom. The Kier molecular flexibility index (Phi) is 4.81. The van der Waals surface area contributed by atoms with E-state index in [0.717, 1.165) is 16.7 Å². The van der Waals surface area contributed by atoms with Crippen LogP contribution in [0.5, 0.6) is 11.5 Å². The number of benzene rings is 4. The van der Waals surface area contributed by atoms with Crippen LogP contribution in [0.4, 0.5) is 4.39 Å². The van der Waals surface area contributed by atoms with E-state index in [9.17, 15) is 14.6 Å². The smallest absolute Gasteiger partial charge is 0.123 e. The standard InChI is InChI=1S/C25H19FO2/c26-20-13-11-19(12-14-20)25(18-9-5-2-6-10-18)22-16-23(27)21(15-24(22)28)17-7-3-1-4-8-17/h1-16,25,27-28H. The van der Waals surface area contributed by atoms with Crippen molar-refractivity contribution in [2.45, 2.75) is 5.92 Å². The highest BCUT2D eigenvalue weighted by Gasteiger charge is 2.22. The van der Waals surface area contributed by atoms with Gasteiger partial charge in [-0.25, -0.2) is 4.39 Å². The molecule has 0 heterocycles. The van der Waals surface area contributed by atoms with E-state index in [0.29, 0.717) is 11.1 Å². The number of hydrogen-bond donors (Lipinski definition) is 2. The molecule has 138 valence electrons. The third kappa shape index (κ3) is 3.47. The molecule has 0 spiro atoms. The van der Waals surface area contributed by atoms with Crippen LogP contribution in [0.1, 0.15) is 22.6 Å². The summed E-state index contributed by atoms with van der Waals surface area (Å²) in [5.74, 6) is -0.489. The van der Waals surface area contributed by atoms with Crippen molar-refractivity contribution in [3.8, 4) is 22.6 Å². The zero-order chi connectivity index (χ0) is 19.5. The van der Waals surface area contributed by atoms with Crippen LogP contribution in [0.25, 0.3) is 11.1 Å². The van der Waals surface area contributed by atoms with Crippen LogP contribution in [-0.2, 0) is 0 Å². The molecule has 4 rings (SSSR count). The number of hydrogen-bond acceptors (Lipinski definition) is 2. The van der Waals surface area contributed by atoms with Crippen molar-refractivity contribution in [3.63, 3.8) is 0 Å². The van der Waals surface area contributed by atoms with Gasteiger partial charge >= 0.3 is 0 Å². The normalized spacial score (nSPS) is 11.9. The summed E-state index contributed by atoms with van der Waals surface area (Å²) in [6.07, 6.45) is 0. The molecular formula is C25H19FO2. The Hall–Kier alpha value is -3.59. The molecule has 0 fully saturated rings. The average Bonchev–Trinajstić information content (AvgIpc) is 2.73. The molecule has 2 nitrogen and oxygen atoms in total. The third-order valence-corrected chi connectivity index (χ3v) is 4.88. The summed E-state index contributed by atoms with van der Waals surface area (Å²) >= 11 is 0. The molecule has 0 saturated heterocycles. The van der Waals surface area contributed by atoms with E-state index in [1.807, 2.05) is 60.7 Å². The van der Waals surface area contributed by atoms with Crippen molar-refractivity contribution in [2.75, 3.05) is 0 Å². The number of halogens is 1. The molecule has 3 heteroatoms. The molecule has 0 aliphatic carbocycles. The number of phenols is 2. The molecule has 28 heavy (non-hydrogen) atoms. The van der Waals surface area contributed by atoms with Crippen molar-refractivity contribution in [1.82, 2.24) is 0 Å². The van der Waals surface area contributed by atoms with E-state index in [1.54, 1.807) is 24.3 Å². The third-order valence-electron chi connectivity index (χ3n) is 4.88. The molecule has 0 radical (unpaired) electrons. The highest BCUT2D eigenvalue weighted by Crippen LogP contribution is 2.42. The van der Waals surface area contributed by atoms with Crippen molar-refractivity contribution in [3.05, 3.63) is 120 Å². The lowest BCUT2D eigenvalue weighted by atomic mass is 9.83. The van der Waals surface area contributed by atoms with Gasteiger partial charge in [0, 0.05) is 17.0 Å². The van der Waals surface area contributed by atoms with Gasteiger partial charge in [-0.2, -0.15) is 0 Å². The molecule has 0 amide bonds. The average molecular weight is 370 g/mol. The predicted octanol–water partition coefficient (Wildman–Crippen LogP) is 6.08. The van der Waals surface area contributed by atoms with Gasteiger partial charge in [0.2, 0.25) is 0 Å². The maximum atomic E-state index is 13.4. The van der Waals surface area contributed by atoms with Gasteiger partial charge in [0.1, 0.15) is 17.3 Å². The molecule has 1 unspecified atom stereocenters. The Balaban J connectivity index is 1.87. The summed E-state index contributed by atoms with van der Waals surface area (Å²) in [4.78, 5) is 0. The lowest BCUT2D eigenvalue weighted by Gasteiger charge is -2.21. The Morgan fingerprint density at radius 3 is 1.82 bits per heavy atom. The number of aromatic hydroxyl groups is 2. The maximum Gasteiger partial charge on any atom is 0.123 e. The SMILES string of the molecule is Oc1cc(C(c2ccccc2)c2ccc(F)cc2)c(O)cc1-c1ccccc1. The second kappa shape index (κ2) is 7.57. The molecule has 4 aromatic rings. The molecule has 2 N–H and O–H groups in total. The molecule has 0 saturated carbocycles. The van der Waals surface area contributed by atoms with Crippen LogP contribution in [0.15, 0.2) is 97.1 Å². The van der Waals surface area contributed by atoms with E-state index in [4.69, 9.17) is 0 Å². The van der Waals surface area contributed by atoms with Gasteiger partial charge in [-0.3, -0.25) is 0 Å². The van der Waals surface area contributed by atoms with E-state index >= 15 is 0 Å². The first-order valence-corrected chi connectivity index (χ1v) is 9.05. The van der Waals surface area contributed by atoms with Crippen LogP contribution in [0, 0.1) is 5.82 Å². The van der Waals surface area contributed by atoms with Crippen LogP contribution < -0.4 is 0 Å². The van der Waals surface area contributed by atoms with Crippen molar-refractivity contribution < 1.29 is 14.6 Å². The Morgan fingerprint density at radius 2 is 1.18 bits per heavy atom. The first kappa shape index (κ1) is 17.8. The summed E-state index contributed by atoms with van der Waals surface area (Å²) in [5, 5.41) is 21.5. The van der Waals surface area contributed by atoms with Gasteiger partial charge < -0.3 is 10.2 Å². The van der Waals surface area contributed by atoms with Gasteiger partial charge in [0.25, 0.3) is 0 Å². The van der Waals surface area contributed by atoms with Crippen molar-refractivity contribution in [1.29, 1.82) is 0 Å². The largest absolute Gasteiger partial charge is 0.508 e. The lowest BCUT2D eigenvalue weighted by molar-refractivity contribution is 0.455. The fourth-order valence-electron chi connectivity index (χ4n) is 3.53. The second-order valence-electron chi connectivity index (χ2n) is 6.69. The van der Waals surface area contributed by atoms with Gasteiger partial charge in [0.05, 0.1) is 0 Å². The van der Waals surface area contributed by atoms with Gasteiger partial charge in [-0.05, 0) is 41.0 Å². The van der Waals surface area contributed by atoms with Crippen LogP contribution in [0.2, 0.25) is 0 Å². The van der Waals surface area contributed by atoms with Crippen LogP contribution in [-0.4, -0.2) is 10.2 Å². The number of phenolic OH excluding ortho intramolecular Hbond substituents is 2. The second-order valence-corrected chi connectivity index (χ2v) is 6.69. The first-order valence-electron chi connectivity index (χ1n) is 9.05. The molecule has 0 aromatic heterocycles. The number of rotatable bonds is 4. The summed E-state index contributed by atoms with van der Waals surface area (Å²) in [6, 6.07) is 28.5. The fourth-order valence-corrected chi connectivity index (χ4v) is 3.53. The topological polar surface area (TPSA) is 40.5 Å². The molecule has 0 aliphatic heterocycles. The quantitative estimate of drug-likeness (QED) is 0.337. The fraction of sp³-hybridized carbons (Fsp3) is 0.0400. The molecule has 4 aromatic carbocycles. The Labute approximate surface area is 163 Å². The van der Waals surface area contributed by atoms with E-state index in [2.05, 4.69) is 0 Å². The summed E-state index contributed by atoms with van der Waals surface area (Å²) in [5.41, 5.74) is 3.72. The maximum absolute atomic E-state index is 13.4. The summed E-state index contributed by atoms with van der Waals surface area (Å²) in [7, 11) is 0. The highest BCUT2D eigenvalue weighted by molar-refractivity contribution is 5.73. The van der Waals surface area contributed by atoms with E-state index in [1.165, 1.54) is 12.1 Å². The molecule has 0 aliphatic rings. The van der Waals surface area contributed by atoms with E-state index in [-0.39, 0.29) is 23.2 Å². The van der Waals surface area contributed by atoms with Gasteiger partial charge in [-0.1, -0.05) is 72.8 Å². The van der Waals surface area contributed by atoms with Gasteiger partial charge in [-0.15, -0.1) is 0 Å². The van der Waals surface area contributed by atoms with E-state index < -0.39 is 0 Å². The molecule has 1 atom stereocenters.